The van der Waals surface area contributed by atoms with Crippen LogP contribution in [0.15, 0.2) is 0 Å². The standard InChI is InChI=1S/C33H56N10O11.C33H57N7O10.C22H39N7O8.W/c1-8-22(45)15-35-27(48)17-43(18-28(49)37-20-38-33(54)24(39-21(2)44)12-13-26(47)34-3)19-29(50)40-25(32(53)36-16-31(52)42(6)7)11-9-23(46)10-14-30(51)41(4)5;1-3-25(42)13-7-4-10-18-36-29(45)21-40(22-30(46)37-19-11-5-8-14-28(44)35-2)32(48)15-9-6-12-20-38-33(49)26(16-17-27(34)43)39-31(47)23-50-24-41;1-23-17(31)9-8-15(28-20(34)13-37-14-30)21(35)27-10-6-5-7-16(22(36)26-4)29(11-18(32)24-2)12-19(33)25-3;/h24-25H,8-20H2,1-7H3,(H,34,47)(H,35,48)(H,36,53)(H,37,49)(H,38,54)(H,39,44)(H,40,50);24,26H,3-23H2,1-2H3,(H7,34,35,36,37,38,39,43,44,45,46,47,49);14-16H,5-13H2,1-4H3,(H,23,31)(H,24,32)(H,25,33)(H,26,36)(H,27,35)(H,28,34);/p-1/t;26-;15-,16+;/m.11./s1. The van der Waals surface area contributed by atoms with E-state index in [1.54, 1.807) is 28.1 Å². The van der Waals surface area contributed by atoms with Crippen LogP contribution >= 0.6 is 0 Å². The molecule has 0 aliphatic heterocycles. The van der Waals surface area contributed by atoms with Gasteiger partial charge in [-0.1, -0.05) is 33.1 Å². The Morgan fingerprint density at radius 1 is 0.310 bits per heavy atom. The van der Waals surface area contributed by atoms with Crippen molar-refractivity contribution in [3.63, 3.8) is 0 Å². The van der Waals surface area contributed by atoms with Crippen molar-refractivity contribution in [3.8, 4) is 0 Å². The molecule has 0 rings (SSSR count). The van der Waals surface area contributed by atoms with Gasteiger partial charge in [0.1, 0.15) is 48.8 Å². The maximum Gasteiger partial charge on any atom is 0.293 e. The van der Waals surface area contributed by atoms with Gasteiger partial charge in [-0.2, -0.15) is 0 Å². The molecule has 0 aromatic rings. The molecule has 0 saturated carbocycles. The van der Waals surface area contributed by atoms with Crippen molar-refractivity contribution in [3.05, 3.63) is 5.73 Å². The topological polar surface area (TPSA) is 736 Å². The summed E-state index contributed by atoms with van der Waals surface area (Å²) in [4.78, 5) is 332. The molecule has 0 radical (unpaired) electrons. The maximum absolute atomic E-state index is 13.2. The van der Waals surface area contributed by atoms with Crippen LogP contribution < -0.4 is 95.7 Å². The molecule has 142 heavy (non-hydrogen) atoms. The van der Waals surface area contributed by atoms with E-state index in [4.69, 9.17) is 5.73 Å². The number of ether oxygens (including phenoxy) is 2. The molecule has 2 unspecified atom stereocenters. The van der Waals surface area contributed by atoms with Gasteiger partial charge in [-0.3, -0.25) is 134 Å². The van der Waals surface area contributed by atoms with E-state index >= 15 is 0 Å². The van der Waals surface area contributed by atoms with Crippen molar-refractivity contribution in [1.82, 2.24) is 120 Å². The zero-order valence-corrected chi connectivity index (χ0v) is 86.9. The monoisotopic (exact) mass is 2190 g/mol. The van der Waals surface area contributed by atoms with Gasteiger partial charge in [-0.25, -0.2) is 0 Å². The van der Waals surface area contributed by atoms with Crippen molar-refractivity contribution in [2.24, 2.45) is 0 Å². The molecular formula is C88H151N24O29W-. The molecule has 0 heterocycles. The Morgan fingerprint density at radius 2 is 0.704 bits per heavy atom. The smallest absolute Gasteiger partial charge is 0.293 e. The van der Waals surface area contributed by atoms with Crippen LogP contribution in [0.25, 0.3) is 5.73 Å². The van der Waals surface area contributed by atoms with Gasteiger partial charge < -0.3 is 130 Å². The number of hydrogen-bond donors (Lipinski definition) is 18. The fraction of sp³-hybridized carbons (Fsp3) is 0.693. The summed E-state index contributed by atoms with van der Waals surface area (Å²) in [7, 11) is 14.9. The number of amides is 22. The van der Waals surface area contributed by atoms with Crippen LogP contribution in [0.2, 0.25) is 0 Å². The number of nitrogens with zero attached hydrogens (tertiary/aromatic N) is 5. The fourth-order valence-electron chi connectivity index (χ4n) is 12.2. The van der Waals surface area contributed by atoms with Gasteiger partial charge >= 0.3 is 0 Å². The molecule has 0 aliphatic rings. The molecule has 0 aliphatic carbocycles. The largest absolute Gasteiger partial charge is 0.668 e. The van der Waals surface area contributed by atoms with Crippen LogP contribution in [-0.2, 0) is 160 Å². The van der Waals surface area contributed by atoms with E-state index in [1.165, 1.54) is 75.9 Å². The maximum atomic E-state index is 13.2. The number of Topliss-reactive ketones (excluding diaryl/α,β-unsaturated/α-hetero) is 3. The Bertz CT molecular complexity index is 3990. The first-order valence-electron chi connectivity index (χ1n) is 46.5. The Hall–Kier alpha value is -13.1. The van der Waals surface area contributed by atoms with Crippen LogP contribution in [0.1, 0.15) is 194 Å². The number of hydrogen-bond acceptors (Lipinski definition) is 31. The number of ketones is 3. The Labute approximate surface area is 842 Å². The van der Waals surface area contributed by atoms with Crippen molar-refractivity contribution >= 4 is 160 Å². The van der Waals surface area contributed by atoms with Gasteiger partial charge in [0.05, 0.1) is 58.5 Å². The van der Waals surface area contributed by atoms with Gasteiger partial charge in [-0.15, -0.1) is 0 Å². The van der Waals surface area contributed by atoms with Crippen LogP contribution in [0.5, 0.6) is 0 Å². The summed E-state index contributed by atoms with van der Waals surface area (Å²) in [5.74, 6) is -11.8. The molecule has 0 bridgehead atoms. The third-order valence-electron chi connectivity index (χ3n) is 20.4. The van der Waals surface area contributed by atoms with Gasteiger partial charge in [0.25, 0.3) is 24.8 Å². The second-order valence-corrected chi connectivity index (χ2v) is 32.2. The van der Waals surface area contributed by atoms with Crippen molar-refractivity contribution in [2.45, 2.75) is 224 Å². The van der Waals surface area contributed by atoms with E-state index < -0.39 is 159 Å². The average molecular weight is 2190 g/mol. The third-order valence-corrected chi connectivity index (χ3v) is 20.4. The minimum Gasteiger partial charge on any atom is -0.668 e. The van der Waals surface area contributed by atoms with Crippen molar-refractivity contribution < 1.29 is 160 Å². The Morgan fingerprint density at radius 3 is 1.15 bits per heavy atom. The minimum atomic E-state index is -1.32. The van der Waals surface area contributed by atoms with E-state index in [9.17, 15) is 129 Å². The van der Waals surface area contributed by atoms with Gasteiger partial charge in [-0.05, 0) is 89.9 Å². The molecule has 0 aromatic carbocycles. The van der Waals surface area contributed by atoms with Gasteiger partial charge in [0, 0.05) is 195 Å². The molecule has 0 aromatic heterocycles. The zero-order valence-electron chi connectivity index (χ0n) is 83.9. The SMILES string of the molecule is CCC(=O)CCCCCNC(=O)CN(CC(=O)NCCCCCC(=O)NC)C(=O)CCCCCNC(=O)[C@@H](CCC([NH-])=O)NC(=O)COC=O.CCC(=O)CNC(=O)CN(CC(=O)NCNC(=O)C(CCC(=O)NC)NC(C)=O)CC(=O)NC(CCC(=O)CCC(=O)N(C)C)C(=O)NCC(=O)N(C)C.CNC(=O)CC[C@@H](NC(=O)COC=O)C(=O)NCCCC[C@@H](C(=O)NC)N(CC(=O)NC)CC(=O)NC.[W]. The number of likely N-dealkylation sites (N-methyl/N-ethyl adjacent to an activating group) is 4. The third kappa shape index (κ3) is 72.2. The van der Waals surface area contributed by atoms with E-state index in [1.807, 2.05) is 6.92 Å². The second kappa shape index (κ2) is 83.7. The zero-order chi connectivity index (χ0) is 107. The molecule has 54 heteroatoms. The van der Waals surface area contributed by atoms with Crippen LogP contribution in [0, 0.1) is 0 Å². The van der Waals surface area contributed by atoms with Crippen molar-refractivity contribution in [1.29, 1.82) is 0 Å². The quantitative estimate of drug-likeness (QED) is 0.0153. The number of rotatable bonds is 76. The molecule has 804 valence electrons. The molecule has 53 nitrogen and oxygen atoms in total. The summed E-state index contributed by atoms with van der Waals surface area (Å²) in [6.45, 7) is 1.05. The first-order chi connectivity index (χ1) is 66.8. The summed E-state index contributed by atoms with van der Waals surface area (Å²) in [6.07, 6.45) is 7.57. The molecule has 22 amide bonds. The van der Waals surface area contributed by atoms with Crippen LogP contribution in [0.3, 0.4) is 0 Å². The van der Waals surface area contributed by atoms with Gasteiger partial charge in [0.2, 0.25) is 112 Å². The normalized spacial score (nSPS) is 11.4. The summed E-state index contributed by atoms with van der Waals surface area (Å²) in [6, 6.07) is -5.27. The first kappa shape index (κ1) is 135. The summed E-state index contributed by atoms with van der Waals surface area (Å²) >= 11 is 0. The Balaban J connectivity index is -0.00000102. The van der Waals surface area contributed by atoms with E-state index in [2.05, 4.69) is 105 Å². The van der Waals surface area contributed by atoms with E-state index in [0.717, 1.165) is 24.2 Å². The van der Waals surface area contributed by atoms with Crippen LogP contribution in [0.4, 0.5) is 0 Å². The molecule has 0 saturated heterocycles. The first-order valence-corrected chi connectivity index (χ1v) is 46.5. The van der Waals surface area contributed by atoms with Gasteiger partial charge in [0.15, 0.2) is 19.0 Å². The molecule has 0 fully saturated rings. The minimum absolute atomic E-state index is 0. The van der Waals surface area contributed by atoms with Crippen LogP contribution in [-0.4, -0.2) is 390 Å². The molecular weight excluding hydrogens is 2040 g/mol. The number of carbonyl (C=O) groups excluding carboxylic acids is 27. The predicted octanol–water partition coefficient (Wildman–Crippen LogP) is -7.54. The fourth-order valence-corrected chi connectivity index (χ4v) is 12.2. The molecule has 0 spiro atoms. The summed E-state index contributed by atoms with van der Waals surface area (Å²) in [5.41, 5.74) is 7.05. The number of unbranched alkanes of at least 4 members (excludes halogenated alkanes) is 7. The second-order valence-electron chi connectivity index (χ2n) is 32.2. The average Bonchev–Trinajstić information content (AvgIpc) is 0.849. The summed E-state index contributed by atoms with van der Waals surface area (Å²) < 4.78 is 8.74. The molecule has 19 N–H and O–H groups in total. The Kier molecular flexibility index (Phi) is 79.6. The van der Waals surface area contributed by atoms with Crippen molar-refractivity contribution in [2.75, 3.05) is 175 Å². The molecule has 5 atom stereocenters. The number of carbonyl (C=O) groups is 27. The predicted molar refractivity (Wildman–Crippen MR) is 507 cm³/mol. The van der Waals surface area contributed by atoms with E-state index in [-0.39, 0.29) is 221 Å². The summed E-state index contributed by atoms with van der Waals surface area (Å²) in [5, 5.41) is 45.0. The van der Waals surface area contributed by atoms with E-state index in [0.29, 0.717) is 90.1 Å². The number of nitrogens with one attached hydrogen (secondary N) is 19.